The first-order chi connectivity index (χ1) is 9.69. The molecule has 2 aromatic carbocycles. The van der Waals surface area contributed by atoms with E-state index in [9.17, 15) is 0 Å². The van der Waals surface area contributed by atoms with Gasteiger partial charge in [-0.25, -0.2) is 0 Å². The molecule has 2 N–H and O–H groups in total. The molecule has 0 spiro atoms. The van der Waals surface area contributed by atoms with E-state index in [2.05, 4.69) is 15.9 Å². The summed E-state index contributed by atoms with van der Waals surface area (Å²) in [5.74, 6) is 2.11. The SMILES string of the molecule is COc1ccc(N)c(OCCOc2ccc(Br)cc2)c1. The van der Waals surface area contributed by atoms with Crippen LogP contribution in [0.4, 0.5) is 5.69 Å². The van der Waals surface area contributed by atoms with Crippen molar-refractivity contribution < 1.29 is 14.2 Å². The number of anilines is 1. The Kier molecular flexibility index (Phi) is 5.12. The molecular weight excluding hydrogens is 322 g/mol. The van der Waals surface area contributed by atoms with Gasteiger partial charge >= 0.3 is 0 Å². The van der Waals surface area contributed by atoms with Crippen LogP contribution in [-0.2, 0) is 0 Å². The van der Waals surface area contributed by atoms with Gasteiger partial charge in [-0.1, -0.05) is 15.9 Å². The van der Waals surface area contributed by atoms with Crippen LogP contribution in [0.15, 0.2) is 46.9 Å². The zero-order valence-corrected chi connectivity index (χ0v) is 12.7. The molecule has 0 radical (unpaired) electrons. The molecule has 0 fully saturated rings. The van der Waals surface area contributed by atoms with Gasteiger partial charge in [0.1, 0.15) is 30.5 Å². The van der Waals surface area contributed by atoms with Gasteiger partial charge in [-0.05, 0) is 36.4 Å². The van der Waals surface area contributed by atoms with Crippen molar-refractivity contribution in [3.8, 4) is 17.2 Å². The minimum absolute atomic E-state index is 0.410. The quantitative estimate of drug-likeness (QED) is 0.647. The lowest BCUT2D eigenvalue weighted by atomic mass is 10.3. The molecule has 2 aromatic rings. The summed E-state index contributed by atoms with van der Waals surface area (Å²) in [7, 11) is 1.60. The Bertz CT molecular complexity index is 558. The van der Waals surface area contributed by atoms with Crippen molar-refractivity contribution in [3.63, 3.8) is 0 Å². The molecule has 5 heteroatoms. The molecule has 0 unspecified atom stereocenters. The number of nitrogen functional groups attached to an aromatic ring is 1. The minimum Gasteiger partial charge on any atom is -0.497 e. The summed E-state index contributed by atoms with van der Waals surface area (Å²) in [6.45, 7) is 0.853. The number of halogens is 1. The number of hydrogen-bond donors (Lipinski definition) is 1. The Morgan fingerprint density at radius 1 is 0.950 bits per heavy atom. The molecule has 106 valence electrons. The van der Waals surface area contributed by atoms with E-state index in [-0.39, 0.29) is 0 Å². The van der Waals surface area contributed by atoms with E-state index in [1.165, 1.54) is 0 Å². The smallest absolute Gasteiger partial charge is 0.146 e. The maximum atomic E-state index is 5.83. The molecule has 20 heavy (non-hydrogen) atoms. The van der Waals surface area contributed by atoms with Crippen molar-refractivity contribution in [3.05, 3.63) is 46.9 Å². The molecule has 0 aliphatic rings. The van der Waals surface area contributed by atoms with Crippen LogP contribution >= 0.6 is 15.9 Å². The summed E-state index contributed by atoms with van der Waals surface area (Å²) >= 11 is 3.37. The maximum Gasteiger partial charge on any atom is 0.146 e. The Labute approximate surface area is 126 Å². The fourth-order valence-electron chi connectivity index (χ4n) is 1.61. The first-order valence-electron chi connectivity index (χ1n) is 6.14. The molecule has 2 rings (SSSR count). The summed E-state index contributed by atoms with van der Waals surface area (Å²) in [5, 5.41) is 0. The zero-order chi connectivity index (χ0) is 14.4. The molecule has 4 nitrogen and oxygen atoms in total. The van der Waals surface area contributed by atoms with Gasteiger partial charge in [0.25, 0.3) is 0 Å². The van der Waals surface area contributed by atoms with Crippen molar-refractivity contribution in [2.45, 2.75) is 0 Å². The predicted octanol–water partition coefficient (Wildman–Crippen LogP) is 3.50. The first-order valence-corrected chi connectivity index (χ1v) is 6.93. The van der Waals surface area contributed by atoms with E-state index in [4.69, 9.17) is 19.9 Å². The first kappa shape index (κ1) is 14.5. The number of hydrogen-bond acceptors (Lipinski definition) is 4. The van der Waals surface area contributed by atoms with Crippen LogP contribution in [-0.4, -0.2) is 20.3 Å². The number of rotatable bonds is 6. The topological polar surface area (TPSA) is 53.7 Å². The molecule has 0 aromatic heterocycles. The highest BCUT2D eigenvalue weighted by Gasteiger charge is 2.03. The summed E-state index contributed by atoms with van der Waals surface area (Å²) < 4.78 is 17.3. The summed E-state index contributed by atoms with van der Waals surface area (Å²) in [6.07, 6.45) is 0. The third-order valence-corrected chi connectivity index (χ3v) is 3.17. The molecule has 0 amide bonds. The van der Waals surface area contributed by atoms with Gasteiger partial charge in [-0.3, -0.25) is 0 Å². The van der Waals surface area contributed by atoms with Gasteiger partial charge in [0.2, 0.25) is 0 Å². The van der Waals surface area contributed by atoms with Crippen LogP contribution in [0.3, 0.4) is 0 Å². The lowest BCUT2D eigenvalue weighted by Crippen LogP contribution is -2.10. The third-order valence-electron chi connectivity index (χ3n) is 2.64. The second kappa shape index (κ2) is 7.05. The van der Waals surface area contributed by atoms with Crippen LogP contribution in [0.1, 0.15) is 0 Å². The van der Waals surface area contributed by atoms with Crippen molar-refractivity contribution in [2.75, 3.05) is 26.1 Å². The molecule has 0 saturated carbocycles. The van der Waals surface area contributed by atoms with Gasteiger partial charge in [0, 0.05) is 10.5 Å². The van der Waals surface area contributed by atoms with E-state index in [0.29, 0.717) is 30.4 Å². The summed E-state index contributed by atoms with van der Waals surface area (Å²) in [6, 6.07) is 12.9. The largest absolute Gasteiger partial charge is 0.497 e. The van der Waals surface area contributed by atoms with E-state index >= 15 is 0 Å². The van der Waals surface area contributed by atoms with Gasteiger partial charge in [-0.2, -0.15) is 0 Å². The average molecular weight is 338 g/mol. The van der Waals surface area contributed by atoms with Gasteiger partial charge in [0.05, 0.1) is 12.8 Å². The second-order valence-corrected chi connectivity index (χ2v) is 4.97. The molecule has 0 saturated heterocycles. The highest BCUT2D eigenvalue weighted by molar-refractivity contribution is 9.10. The van der Waals surface area contributed by atoms with Crippen molar-refractivity contribution >= 4 is 21.6 Å². The maximum absolute atomic E-state index is 5.83. The molecule has 0 bridgehead atoms. The Morgan fingerprint density at radius 2 is 1.60 bits per heavy atom. The fraction of sp³-hybridized carbons (Fsp3) is 0.200. The van der Waals surface area contributed by atoms with Gasteiger partial charge in [0.15, 0.2) is 0 Å². The van der Waals surface area contributed by atoms with Crippen LogP contribution in [0.25, 0.3) is 0 Å². The van der Waals surface area contributed by atoms with Gasteiger partial charge < -0.3 is 19.9 Å². The highest BCUT2D eigenvalue weighted by Crippen LogP contribution is 2.26. The third kappa shape index (κ3) is 4.06. The zero-order valence-electron chi connectivity index (χ0n) is 11.1. The minimum atomic E-state index is 0.410. The Balaban J connectivity index is 1.82. The number of ether oxygens (including phenoxy) is 3. The molecule has 0 atom stereocenters. The highest BCUT2D eigenvalue weighted by atomic mass is 79.9. The fourth-order valence-corrected chi connectivity index (χ4v) is 1.87. The lowest BCUT2D eigenvalue weighted by Gasteiger charge is -2.11. The van der Waals surface area contributed by atoms with Crippen molar-refractivity contribution in [1.29, 1.82) is 0 Å². The van der Waals surface area contributed by atoms with E-state index in [0.717, 1.165) is 10.2 Å². The predicted molar refractivity (Wildman–Crippen MR) is 82.5 cm³/mol. The molecule has 0 heterocycles. The van der Waals surface area contributed by atoms with Crippen LogP contribution in [0, 0.1) is 0 Å². The Morgan fingerprint density at radius 3 is 2.30 bits per heavy atom. The molecular formula is C15H16BrNO3. The van der Waals surface area contributed by atoms with Crippen LogP contribution in [0.5, 0.6) is 17.2 Å². The monoisotopic (exact) mass is 337 g/mol. The van der Waals surface area contributed by atoms with E-state index in [1.807, 2.05) is 24.3 Å². The van der Waals surface area contributed by atoms with E-state index < -0.39 is 0 Å². The van der Waals surface area contributed by atoms with Crippen LogP contribution < -0.4 is 19.9 Å². The van der Waals surface area contributed by atoms with Gasteiger partial charge in [-0.15, -0.1) is 0 Å². The normalized spacial score (nSPS) is 10.1. The van der Waals surface area contributed by atoms with Crippen LogP contribution in [0.2, 0.25) is 0 Å². The standard InChI is InChI=1S/C15H16BrNO3/c1-18-13-6-7-14(17)15(10-13)20-9-8-19-12-4-2-11(16)3-5-12/h2-7,10H,8-9,17H2,1H3. The lowest BCUT2D eigenvalue weighted by molar-refractivity contribution is 0.217. The van der Waals surface area contributed by atoms with Crippen molar-refractivity contribution in [2.24, 2.45) is 0 Å². The summed E-state index contributed by atoms with van der Waals surface area (Å²) in [5.41, 5.74) is 6.41. The summed E-state index contributed by atoms with van der Waals surface area (Å²) in [4.78, 5) is 0. The Hall–Kier alpha value is -1.88. The second-order valence-electron chi connectivity index (χ2n) is 4.05. The number of nitrogens with two attached hydrogens (primary N) is 1. The van der Waals surface area contributed by atoms with E-state index in [1.54, 1.807) is 25.3 Å². The molecule has 0 aliphatic heterocycles. The number of benzene rings is 2. The number of methoxy groups -OCH3 is 1. The van der Waals surface area contributed by atoms with Crippen molar-refractivity contribution in [1.82, 2.24) is 0 Å². The average Bonchev–Trinajstić information content (AvgIpc) is 2.47. The molecule has 0 aliphatic carbocycles.